The van der Waals surface area contributed by atoms with Crippen molar-refractivity contribution >= 4 is 5.82 Å². The Labute approximate surface area is 180 Å². The van der Waals surface area contributed by atoms with Crippen molar-refractivity contribution in [3.63, 3.8) is 0 Å². The largest absolute Gasteiger partial charge is 0.507 e. The highest BCUT2D eigenvalue weighted by Gasteiger charge is 2.37. The Balaban J connectivity index is 1.26. The van der Waals surface area contributed by atoms with Gasteiger partial charge in [-0.05, 0) is 43.0 Å². The van der Waals surface area contributed by atoms with Crippen LogP contribution in [0.15, 0.2) is 36.7 Å². The molecule has 2 bridgehead atoms. The minimum absolute atomic E-state index is 0.205. The Bertz CT molecular complexity index is 1120. The second-order valence-electron chi connectivity index (χ2n) is 8.88. The highest BCUT2D eigenvalue weighted by atomic mass is 16.5. The van der Waals surface area contributed by atoms with Crippen molar-refractivity contribution in [1.82, 2.24) is 25.3 Å². The molecule has 3 aliphatic heterocycles. The van der Waals surface area contributed by atoms with E-state index in [-0.39, 0.29) is 5.75 Å². The minimum atomic E-state index is 0.205. The van der Waals surface area contributed by atoms with Crippen molar-refractivity contribution in [2.45, 2.75) is 37.4 Å². The molecule has 8 nitrogen and oxygen atoms in total. The molecule has 31 heavy (non-hydrogen) atoms. The van der Waals surface area contributed by atoms with Gasteiger partial charge in [0.05, 0.1) is 25.1 Å². The van der Waals surface area contributed by atoms with Crippen LogP contribution in [0.2, 0.25) is 0 Å². The monoisotopic (exact) mass is 418 g/mol. The van der Waals surface area contributed by atoms with Gasteiger partial charge < -0.3 is 20.1 Å². The van der Waals surface area contributed by atoms with E-state index in [0.29, 0.717) is 29.4 Å². The van der Waals surface area contributed by atoms with Gasteiger partial charge in [-0.3, -0.25) is 4.68 Å². The third kappa shape index (κ3) is 3.36. The van der Waals surface area contributed by atoms with Crippen LogP contribution in [-0.2, 0) is 18.2 Å². The van der Waals surface area contributed by atoms with E-state index in [1.807, 2.05) is 25.4 Å². The lowest BCUT2D eigenvalue weighted by molar-refractivity contribution is 0.0180. The highest BCUT2D eigenvalue weighted by molar-refractivity contribution is 5.74. The summed E-state index contributed by atoms with van der Waals surface area (Å²) in [5, 5.41) is 27.7. The molecule has 0 saturated carbocycles. The Morgan fingerprint density at radius 3 is 2.68 bits per heavy atom. The summed E-state index contributed by atoms with van der Waals surface area (Å²) in [4.78, 5) is 2.43. The predicted octanol–water partition coefficient (Wildman–Crippen LogP) is 2.13. The topological polar surface area (TPSA) is 88.3 Å². The number of phenolic OH excluding ortho intramolecular Hbond substituents is 1. The highest BCUT2D eigenvalue weighted by Crippen LogP contribution is 2.37. The van der Waals surface area contributed by atoms with Gasteiger partial charge in [0, 0.05) is 54.6 Å². The number of aromatic hydroxyl groups is 1. The minimum Gasteiger partial charge on any atom is -0.507 e. The van der Waals surface area contributed by atoms with Gasteiger partial charge >= 0.3 is 0 Å². The average Bonchev–Trinajstić information content (AvgIpc) is 3.39. The number of morpholine rings is 1. The lowest BCUT2D eigenvalue weighted by Crippen LogP contribution is -2.58. The molecule has 2 saturated heterocycles. The van der Waals surface area contributed by atoms with E-state index >= 15 is 0 Å². The quantitative estimate of drug-likeness (QED) is 0.674. The molecule has 1 unspecified atom stereocenters. The molecule has 5 heterocycles. The van der Waals surface area contributed by atoms with Crippen LogP contribution < -0.4 is 10.2 Å². The number of nitrogens with one attached hydrogen (secondary N) is 1. The molecule has 8 heteroatoms. The fourth-order valence-corrected chi connectivity index (χ4v) is 5.24. The van der Waals surface area contributed by atoms with Crippen molar-refractivity contribution in [2.24, 2.45) is 7.05 Å². The number of benzene rings is 1. The molecule has 0 aliphatic carbocycles. The van der Waals surface area contributed by atoms with E-state index in [1.54, 1.807) is 16.9 Å². The first-order valence-corrected chi connectivity index (χ1v) is 10.9. The fraction of sp³-hybridized carbons (Fsp3) is 0.435. The number of aryl methyl sites for hydroxylation is 1. The van der Waals surface area contributed by atoms with Gasteiger partial charge in [0.2, 0.25) is 0 Å². The number of hydrogen-bond acceptors (Lipinski definition) is 7. The first-order valence-electron chi connectivity index (χ1n) is 10.9. The molecule has 2 N–H and O–H groups in total. The predicted molar refractivity (Wildman–Crippen MR) is 117 cm³/mol. The maximum Gasteiger partial charge on any atom is 0.154 e. The van der Waals surface area contributed by atoms with E-state index in [1.165, 1.54) is 5.56 Å². The molecule has 0 radical (unpaired) electrons. The summed E-state index contributed by atoms with van der Waals surface area (Å²) in [6.07, 6.45) is 6.84. The molecule has 3 aromatic rings. The first kappa shape index (κ1) is 18.8. The Kier molecular flexibility index (Phi) is 4.43. The number of anilines is 1. The third-order valence-electron chi connectivity index (χ3n) is 6.72. The number of fused-ring (bicyclic) bond motifs is 3. The third-order valence-corrected chi connectivity index (χ3v) is 6.72. The van der Waals surface area contributed by atoms with Crippen LogP contribution in [0.4, 0.5) is 5.82 Å². The maximum absolute atomic E-state index is 10.7. The van der Waals surface area contributed by atoms with Crippen LogP contribution in [0.1, 0.15) is 18.4 Å². The zero-order chi connectivity index (χ0) is 20.9. The van der Waals surface area contributed by atoms with Crippen molar-refractivity contribution in [2.75, 3.05) is 24.7 Å². The smallest absolute Gasteiger partial charge is 0.154 e. The maximum atomic E-state index is 10.7. The van der Waals surface area contributed by atoms with Gasteiger partial charge in [0.15, 0.2) is 5.82 Å². The molecule has 3 atom stereocenters. The number of hydrogen-bond donors (Lipinski definition) is 2. The van der Waals surface area contributed by atoms with Crippen LogP contribution in [0.3, 0.4) is 0 Å². The van der Waals surface area contributed by atoms with E-state index in [2.05, 4.69) is 31.6 Å². The van der Waals surface area contributed by atoms with Gasteiger partial charge in [-0.15, -0.1) is 10.2 Å². The van der Waals surface area contributed by atoms with Crippen molar-refractivity contribution in [1.29, 1.82) is 0 Å². The van der Waals surface area contributed by atoms with Gasteiger partial charge in [0.1, 0.15) is 5.75 Å². The lowest BCUT2D eigenvalue weighted by Gasteiger charge is -2.43. The normalized spacial score (nSPS) is 24.9. The molecule has 0 amide bonds. The van der Waals surface area contributed by atoms with Gasteiger partial charge in [0.25, 0.3) is 0 Å². The summed E-state index contributed by atoms with van der Waals surface area (Å²) >= 11 is 0. The summed E-state index contributed by atoms with van der Waals surface area (Å²) in [7, 11) is 1.88. The average molecular weight is 419 g/mol. The van der Waals surface area contributed by atoms with Gasteiger partial charge in [-0.2, -0.15) is 5.10 Å². The number of nitrogens with zero attached hydrogens (tertiary/aromatic N) is 5. The van der Waals surface area contributed by atoms with Crippen LogP contribution in [-0.4, -0.2) is 63.0 Å². The van der Waals surface area contributed by atoms with E-state index in [9.17, 15) is 5.11 Å². The molecule has 160 valence electrons. The number of phenols is 1. The van der Waals surface area contributed by atoms with Crippen LogP contribution >= 0.6 is 0 Å². The molecule has 1 aromatic carbocycles. The second-order valence-corrected chi connectivity index (χ2v) is 8.88. The van der Waals surface area contributed by atoms with Crippen molar-refractivity contribution < 1.29 is 9.84 Å². The molecule has 6 rings (SSSR count). The van der Waals surface area contributed by atoms with Crippen LogP contribution in [0.25, 0.3) is 22.4 Å². The van der Waals surface area contributed by atoms with Gasteiger partial charge in [-0.25, -0.2) is 0 Å². The van der Waals surface area contributed by atoms with Crippen molar-refractivity contribution in [3.8, 4) is 28.1 Å². The van der Waals surface area contributed by atoms with E-state index in [0.717, 1.165) is 56.0 Å². The zero-order valence-corrected chi connectivity index (χ0v) is 17.5. The van der Waals surface area contributed by atoms with Crippen LogP contribution in [0, 0.1) is 0 Å². The number of aromatic nitrogens is 4. The van der Waals surface area contributed by atoms with E-state index in [4.69, 9.17) is 4.74 Å². The Morgan fingerprint density at radius 1 is 1.10 bits per heavy atom. The second kappa shape index (κ2) is 7.32. The van der Waals surface area contributed by atoms with Gasteiger partial charge in [-0.1, -0.05) is 6.07 Å². The SMILES string of the molecule is Cn1cc(-c2ccc(-c3cc4c(nn3)N([C@@H]3CC5COC[C@@H](C3)N5)CC4)c(O)c2)cn1. The molecule has 3 aliphatic rings. The van der Waals surface area contributed by atoms with E-state index < -0.39 is 0 Å². The molecule has 2 aromatic heterocycles. The number of ether oxygens (including phenoxy) is 1. The molecule has 2 fully saturated rings. The summed E-state index contributed by atoms with van der Waals surface area (Å²) in [5.41, 5.74) is 4.52. The Morgan fingerprint density at radius 2 is 1.94 bits per heavy atom. The number of piperidine rings is 1. The number of rotatable bonds is 3. The molecule has 0 spiro atoms. The first-order chi connectivity index (χ1) is 15.1. The molecular formula is C23H26N6O2. The fourth-order valence-electron chi connectivity index (χ4n) is 5.24. The van der Waals surface area contributed by atoms with Crippen molar-refractivity contribution in [3.05, 3.63) is 42.2 Å². The summed E-state index contributed by atoms with van der Waals surface area (Å²) < 4.78 is 7.44. The summed E-state index contributed by atoms with van der Waals surface area (Å²) in [6, 6.07) is 9.11. The van der Waals surface area contributed by atoms with Crippen LogP contribution in [0.5, 0.6) is 5.75 Å². The standard InChI is InChI=1S/C23H26N6O2/c1-28-11-16(10-24-28)14-2-3-20(22(30)7-14)21-6-15-4-5-29(23(15)27-26-21)19-8-17-12-31-13-18(9-19)25-17/h2-3,6-7,10-11,17-19,25,30H,4-5,8-9,12-13H2,1H3/t17-,18?,19+/m1/s1. The molecular weight excluding hydrogens is 392 g/mol. The summed E-state index contributed by atoms with van der Waals surface area (Å²) in [6.45, 7) is 2.57. The summed E-state index contributed by atoms with van der Waals surface area (Å²) in [5.74, 6) is 1.21. The lowest BCUT2D eigenvalue weighted by atomic mass is 9.91. The zero-order valence-electron chi connectivity index (χ0n) is 17.5. The Hall–Kier alpha value is -2.97.